The van der Waals surface area contributed by atoms with E-state index in [2.05, 4.69) is 0 Å². The largest absolute Gasteiger partial charge is 0.402 e. The van der Waals surface area contributed by atoms with Crippen molar-refractivity contribution in [1.82, 2.24) is 4.31 Å². The Balaban J connectivity index is 3.26. The summed E-state index contributed by atoms with van der Waals surface area (Å²) < 4.78 is 63.2. The first-order valence-corrected chi connectivity index (χ1v) is 7.80. The first-order chi connectivity index (χ1) is 9.43. The molecule has 120 valence electrons. The summed E-state index contributed by atoms with van der Waals surface area (Å²) >= 11 is 0. The SMILES string of the molecule is Cc1ccc(S(=O)(=O)N(CC(C)C)CC(F)(F)F)c(N)c1. The van der Waals surface area contributed by atoms with Gasteiger partial charge in [0.05, 0.1) is 5.69 Å². The average Bonchev–Trinajstić information content (AvgIpc) is 2.24. The second-order valence-electron chi connectivity index (χ2n) is 5.35. The van der Waals surface area contributed by atoms with Crippen molar-refractivity contribution in [1.29, 1.82) is 0 Å². The normalized spacial score (nSPS) is 13.1. The lowest BCUT2D eigenvalue weighted by Gasteiger charge is -2.25. The van der Waals surface area contributed by atoms with Crippen LogP contribution in [0.4, 0.5) is 18.9 Å². The third kappa shape index (κ3) is 4.89. The lowest BCUT2D eigenvalue weighted by molar-refractivity contribution is -0.136. The Morgan fingerprint density at radius 2 is 1.86 bits per heavy atom. The molecule has 0 aliphatic rings. The van der Waals surface area contributed by atoms with E-state index in [0.29, 0.717) is 4.31 Å². The standard InChI is InChI=1S/C13H19F3N2O2S/c1-9(2)7-18(8-13(14,15)16)21(19,20)12-5-4-10(3)6-11(12)17/h4-6,9H,7-8,17H2,1-3H3. The van der Waals surface area contributed by atoms with Crippen LogP contribution in [0.2, 0.25) is 0 Å². The van der Waals surface area contributed by atoms with Gasteiger partial charge in [-0.1, -0.05) is 19.9 Å². The Bertz CT molecular complexity index is 598. The second kappa shape index (κ2) is 6.23. The maximum absolute atomic E-state index is 12.6. The molecular formula is C13H19F3N2O2S. The molecule has 4 nitrogen and oxygen atoms in total. The highest BCUT2D eigenvalue weighted by molar-refractivity contribution is 7.89. The molecule has 1 aromatic rings. The van der Waals surface area contributed by atoms with Crippen LogP contribution in [0.3, 0.4) is 0 Å². The first-order valence-electron chi connectivity index (χ1n) is 6.36. The van der Waals surface area contributed by atoms with Gasteiger partial charge in [0, 0.05) is 6.54 Å². The van der Waals surface area contributed by atoms with Crippen LogP contribution >= 0.6 is 0 Å². The summed E-state index contributed by atoms with van der Waals surface area (Å²) in [5.41, 5.74) is 6.34. The van der Waals surface area contributed by atoms with Crippen LogP contribution < -0.4 is 5.73 Å². The molecule has 0 unspecified atom stereocenters. The van der Waals surface area contributed by atoms with Gasteiger partial charge in [0.25, 0.3) is 0 Å². The Hall–Kier alpha value is -1.28. The number of nitrogen functional groups attached to an aromatic ring is 1. The molecular weight excluding hydrogens is 305 g/mol. The second-order valence-corrected chi connectivity index (χ2v) is 7.25. The average molecular weight is 324 g/mol. The highest BCUT2D eigenvalue weighted by Gasteiger charge is 2.37. The molecule has 0 amide bonds. The van der Waals surface area contributed by atoms with Gasteiger partial charge in [0.2, 0.25) is 10.0 Å². The monoisotopic (exact) mass is 324 g/mol. The number of aryl methyl sites for hydroxylation is 1. The predicted octanol–water partition coefficient (Wildman–Crippen LogP) is 2.79. The molecule has 21 heavy (non-hydrogen) atoms. The van der Waals surface area contributed by atoms with Gasteiger partial charge >= 0.3 is 6.18 Å². The minimum absolute atomic E-state index is 0.0501. The Morgan fingerprint density at radius 3 is 2.29 bits per heavy atom. The van der Waals surface area contributed by atoms with Crippen molar-refractivity contribution in [3.63, 3.8) is 0 Å². The minimum Gasteiger partial charge on any atom is -0.398 e. The molecule has 0 saturated carbocycles. The fourth-order valence-electron chi connectivity index (χ4n) is 1.90. The molecule has 0 radical (unpaired) electrons. The van der Waals surface area contributed by atoms with Crippen molar-refractivity contribution in [2.24, 2.45) is 5.92 Å². The van der Waals surface area contributed by atoms with Crippen molar-refractivity contribution < 1.29 is 21.6 Å². The van der Waals surface area contributed by atoms with E-state index in [0.717, 1.165) is 5.56 Å². The topological polar surface area (TPSA) is 63.4 Å². The zero-order valence-electron chi connectivity index (χ0n) is 12.1. The van der Waals surface area contributed by atoms with E-state index in [1.54, 1.807) is 20.8 Å². The molecule has 0 saturated heterocycles. The summed E-state index contributed by atoms with van der Waals surface area (Å²) in [6.45, 7) is 3.26. The Morgan fingerprint density at radius 1 is 1.29 bits per heavy atom. The summed E-state index contributed by atoms with van der Waals surface area (Å²) in [6.07, 6.45) is -4.61. The lowest BCUT2D eigenvalue weighted by atomic mass is 10.2. The number of nitrogens with two attached hydrogens (primary N) is 1. The van der Waals surface area contributed by atoms with Crippen molar-refractivity contribution in [2.75, 3.05) is 18.8 Å². The van der Waals surface area contributed by atoms with E-state index >= 15 is 0 Å². The third-order valence-electron chi connectivity index (χ3n) is 2.71. The van der Waals surface area contributed by atoms with Crippen LogP contribution in [0.25, 0.3) is 0 Å². The zero-order chi connectivity index (χ0) is 16.4. The number of rotatable bonds is 5. The van der Waals surface area contributed by atoms with Gasteiger partial charge in [0.15, 0.2) is 0 Å². The molecule has 0 fully saturated rings. The summed E-state index contributed by atoms with van der Waals surface area (Å²) in [5, 5.41) is 0. The number of hydrogen-bond donors (Lipinski definition) is 1. The van der Waals surface area contributed by atoms with Gasteiger partial charge < -0.3 is 5.73 Å². The molecule has 0 heterocycles. The van der Waals surface area contributed by atoms with Crippen LogP contribution in [0.1, 0.15) is 19.4 Å². The number of halogens is 3. The van der Waals surface area contributed by atoms with Crippen molar-refractivity contribution >= 4 is 15.7 Å². The molecule has 1 rings (SSSR count). The van der Waals surface area contributed by atoms with Crippen molar-refractivity contribution in [2.45, 2.75) is 31.8 Å². The van der Waals surface area contributed by atoms with Crippen LogP contribution in [-0.4, -0.2) is 32.0 Å². The Kier molecular flexibility index (Phi) is 5.27. The van der Waals surface area contributed by atoms with Gasteiger partial charge in [-0.15, -0.1) is 0 Å². The summed E-state index contributed by atoms with van der Waals surface area (Å²) in [6, 6.07) is 4.17. The fraction of sp³-hybridized carbons (Fsp3) is 0.538. The maximum Gasteiger partial charge on any atom is 0.402 e. The quantitative estimate of drug-likeness (QED) is 0.847. The highest BCUT2D eigenvalue weighted by atomic mass is 32.2. The molecule has 0 atom stereocenters. The van der Waals surface area contributed by atoms with Crippen LogP contribution in [-0.2, 0) is 10.0 Å². The molecule has 0 spiro atoms. The van der Waals surface area contributed by atoms with E-state index in [-0.39, 0.29) is 23.0 Å². The number of alkyl halides is 3. The number of nitrogens with zero attached hydrogens (tertiary/aromatic N) is 1. The van der Waals surface area contributed by atoms with Gasteiger partial charge in [-0.3, -0.25) is 0 Å². The van der Waals surface area contributed by atoms with E-state index in [1.165, 1.54) is 18.2 Å². The van der Waals surface area contributed by atoms with Crippen LogP contribution in [0, 0.1) is 12.8 Å². The van der Waals surface area contributed by atoms with Gasteiger partial charge in [-0.2, -0.15) is 17.5 Å². The van der Waals surface area contributed by atoms with Gasteiger partial charge in [-0.25, -0.2) is 8.42 Å². The lowest BCUT2D eigenvalue weighted by Crippen LogP contribution is -2.41. The van der Waals surface area contributed by atoms with Crippen molar-refractivity contribution in [3.05, 3.63) is 23.8 Å². The van der Waals surface area contributed by atoms with Gasteiger partial charge in [0.1, 0.15) is 11.4 Å². The molecule has 0 aliphatic heterocycles. The number of sulfonamides is 1. The van der Waals surface area contributed by atoms with Crippen molar-refractivity contribution in [3.8, 4) is 0 Å². The fourth-order valence-corrected chi connectivity index (χ4v) is 3.58. The van der Waals surface area contributed by atoms with E-state index < -0.39 is 22.7 Å². The molecule has 0 aliphatic carbocycles. The molecule has 1 aromatic carbocycles. The number of hydrogen-bond acceptors (Lipinski definition) is 3. The minimum atomic E-state index is -4.61. The highest BCUT2D eigenvalue weighted by Crippen LogP contribution is 2.27. The van der Waals surface area contributed by atoms with E-state index in [4.69, 9.17) is 5.73 Å². The molecule has 2 N–H and O–H groups in total. The smallest absolute Gasteiger partial charge is 0.398 e. The Labute approximate surface area is 122 Å². The predicted molar refractivity (Wildman–Crippen MR) is 75.2 cm³/mol. The summed E-state index contributed by atoms with van der Waals surface area (Å²) in [4.78, 5) is -0.294. The summed E-state index contributed by atoms with van der Waals surface area (Å²) in [7, 11) is -4.29. The van der Waals surface area contributed by atoms with Gasteiger partial charge in [-0.05, 0) is 30.5 Å². The number of benzene rings is 1. The maximum atomic E-state index is 12.6. The first kappa shape index (κ1) is 17.8. The van der Waals surface area contributed by atoms with Crippen LogP contribution in [0.15, 0.2) is 23.1 Å². The zero-order valence-corrected chi connectivity index (χ0v) is 12.9. The molecule has 8 heteroatoms. The van der Waals surface area contributed by atoms with E-state index in [1.807, 2.05) is 0 Å². The molecule has 0 bridgehead atoms. The summed E-state index contributed by atoms with van der Waals surface area (Å²) in [5.74, 6) is -0.242. The van der Waals surface area contributed by atoms with Crippen LogP contribution in [0.5, 0.6) is 0 Å². The number of anilines is 1. The molecule has 0 aromatic heterocycles. The van der Waals surface area contributed by atoms with E-state index in [9.17, 15) is 21.6 Å². The third-order valence-corrected chi connectivity index (χ3v) is 4.59.